The Balaban J connectivity index is 1.42. The van der Waals surface area contributed by atoms with Crippen LogP contribution in [0.5, 0.6) is 0 Å². The minimum absolute atomic E-state index is 0.116. The zero-order chi connectivity index (χ0) is 22.7. The fourth-order valence-corrected chi connectivity index (χ4v) is 5.24. The molecule has 1 aliphatic rings. The summed E-state index contributed by atoms with van der Waals surface area (Å²) < 4.78 is 32.9. The first-order valence-electron chi connectivity index (χ1n) is 10.4. The molecule has 1 aliphatic heterocycles. The van der Waals surface area contributed by atoms with E-state index in [0.29, 0.717) is 47.3 Å². The summed E-state index contributed by atoms with van der Waals surface area (Å²) in [4.78, 5) is 17.0. The lowest BCUT2D eigenvalue weighted by molar-refractivity contribution is -0.120. The van der Waals surface area contributed by atoms with Gasteiger partial charge in [0, 0.05) is 41.7 Å². The highest BCUT2D eigenvalue weighted by molar-refractivity contribution is 7.89. The predicted molar refractivity (Wildman–Crippen MR) is 121 cm³/mol. The lowest BCUT2D eigenvalue weighted by Gasteiger charge is -2.30. The molecule has 1 aromatic heterocycles. The van der Waals surface area contributed by atoms with Crippen molar-refractivity contribution in [3.05, 3.63) is 59.4 Å². The van der Waals surface area contributed by atoms with Gasteiger partial charge in [-0.25, -0.2) is 8.42 Å². The van der Waals surface area contributed by atoms with Crippen LogP contribution in [0.4, 0.5) is 5.69 Å². The molecule has 3 aromatic rings. The molecule has 1 fully saturated rings. The van der Waals surface area contributed by atoms with Crippen molar-refractivity contribution in [1.29, 1.82) is 0 Å². The Hall–Kier alpha value is -2.75. The van der Waals surface area contributed by atoms with Crippen LogP contribution < -0.4 is 5.32 Å². The first kappa shape index (κ1) is 22.4. The van der Waals surface area contributed by atoms with Crippen LogP contribution >= 0.6 is 11.6 Å². The van der Waals surface area contributed by atoms with Crippen LogP contribution in [-0.4, -0.2) is 41.9 Å². The van der Waals surface area contributed by atoms with Crippen molar-refractivity contribution < 1.29 is 17.7 Å². The highest BCUT2D eigenvalue weighted by Gasteiger charge is 2.32. The maximum Gasteiger partial charge on any atom is 0.243 e. The van der Waals surface area contributed by atoms with Gasteiger partial charge in [0.15, 0.2) is 0 Å². The summed E-state index contributed by atoms with van der Waals surface area (Å²) in [6.45, 7) is 2.44. The largest absolute Gasteiger partial charge is 0.339 e. The monoisotopic (exact) mass is 474 g/mol. The number of carbonyl (C=O) groups excluding carboxylic acids is 1. The number of nitrogens with one attached hydrogen (secondary N) is 1. The van der Waals surface area contributed by atoms with Gasteiger partial charge < -0.3 is 9.84 Å². The fourth-order valence-electron chi connectivity index (χ4n) is 3.60. The van der Waals surface area contributed by atoms with E-state index in [1.165, 1.54) is 4.31 Å². The number of hydrogen-bond acceptors (Lipinski definition) is 6. The van der Waals surface area contributed by atoms with Crippen LogP contribution in [0, 0.1) is 5.92 Å². The number of sulfonamides is 1. The number of anilines is 1. The molecule has 0 unspecified atom stereocenters. The summed E-state index contributed by atoms with van der Waals surface area (Å²) in [5.74, 6) is 0.481. The summed E-state index contributed by atoms with van der Waals surface area (Å²) in [6.07, 6.45) is 1.50. The van der Waals surface area contributed by atoms with Gasteiger partial charge >= 0.3 is 0 Å². The van der Waals surface area contributed by atoms with E-state index in [0.717, 1.165) is 0 Å². The van der Waals surface area contributed by atoms with E-state index in [1.807, 2.05) is 6.92 Å². The van der Waals surface area contributed by atoms with Crippen molar-refractivity contribution in [3.63, 3.8) is 0 Å². The van der Waals surface area contributed by atoms with Crippen molar-refractivity contribution in [2.24, 2.45) is 5.92 Å². The third kappa shape index (κ3) is 4.85. The molecule has 8 nitrogen and oxygen atoms in total. The number of halogens is 1. The molecule has 0 bridgehead atoms. The number of hydrogen-bond donors (Lipinski definition) is 1. The van der Waals surface area contributed by atoms with Gasteiger partial charge in [0.2, 0.25) is 27.6 Å². The molecular weight excluding hydrogens is 452 g/mol. The van der Waals surface area contributed by atoms with Crippen LogP contribution in [0.25, 0.3) is 11.4 Å². The van der Waals surface area contributed by atoms with E-state index in [9.17, 15) is 13.2 Å². The molecule has 0 saturated carbocycles. The summed E-state index contributed by atoms with van der Waals surface area (Å²) in [5.41, 5.74) is 1.24. The van der Waals surface area contributed by atoms with Gasteiger partial charge in [0.25, 0.3) is 0 Å². The van der Waals surface area contributed by atoms with E-state index in [1.54, 1.807) is 48.5 Å². The second-order valence-corrected chi connectivity index (χ2v) is 9.94. The third-order valence-corrected chi connectivity index (χ3v) is 7.58. The first-order valence-corrected chi connectivity index (χ1v) is 12.2. The quantitative estimate of drug-likeness (QED) is 0.579. The molecule has 0 radical (unpaired) electrons. The van der Waals surface area contributed by atoms with Crippen molar-refractivity contribution in [2.75, 3.05) is 18.4 Å². The lowest BCUT2D eigenvalue weighted by Crippen LogP contribution is -2.41. The SMILES string of the molecule is CCc1nc(-c2cccc(S(=O)(=O)N3CCC(C(=O)Nc4ccc(Cl)cc4)CC3)c2)no1. The first-order chi connectivity index (χ1) is 15.4. The number of aryl methyl sites for hydroxylation is 1. The van der Waals surface area contributed by atoms with Gasteiger partial charge in [0.05, 0.1) is 4.90 Å². The Morgan fingerprint density at radius 2 is 1.91 bits per heavy atom. The zero-order valence-electron chi connectivity index (χ0n) is 17.5. The molecule has 0 atom stereocenters. The molecule has 1 saturated heterocycles. The van der Waals surface area contributed by atoms with Crippen molar-refractivity contribution in [1.82, 2.24) is 14.4 Å². The molecule has 10 heteroatoms. The predicted octanol–water partition coefficient (Wildman–Crippen LogP) is 3.99. The summed E-state index contributed by atoms with van der Waals surface area (Å²) in [6, 6.07) is 13.4. The molecule has 32 heavy (non-hydrogen) atoms. The minimum atomic E-state index is -3.70. The Bertz CT molecular complexity index is 1200. The summed E-state index contributed by atoms with van der Waals surface area (Å²) in [5, 5.41) is 7.38. The maximum atomic E-state index is 13.2. The van der Waals surface area contributed by atoms with Crippen LogP contribution in [0.3, 0.4) is 0 Å². The average molecular weight is 475 g/mol. The van der Waals surface area contributed by atoms with Gasteiger partial charge in [0.1, 0.15) is 0 Å². The zero-order valence-corrected chi connectivity index (χ0v) is 19.1. The molecule has 1 N–H and O–H groups in total. The van der Waals surface area contributed by atoms with E-state index < -0.39 is 10.0 Å². The smallest absolute Gasteiger partial charge is 0.243 e. The lowest BCUT2D eigenvalue weighted by atomic mass is 9.97. The number of benzene rings is 2. The van der Waals surface area contributed by atoms with Crippen molar-refractivity contribution in [3.8, 4) is 11.4 Å². The number of aromatic nitrogens is 2. The normalized spacial score (nSPS) is 15.6. The molecule has 2 heterocycles. The maximum absolute atomic E-state index is 13.2. The summed E-state index contributed by atoms with van der Waals surface area (Å²) in [7, 11) is -3.70. The number of piperidine rings is 1. The number of amides is 1. The second-order valence-electron chi connectivity index (χ2n) is 7.57. The van der Waals surface area contributed by atoms with Crippen LogP contribution in [-0.2, 0) is 21.2 Å². The standard InChI is InChI=1S/C22H23ClN4O4S/c1-2-20-25-21(26-31-20)16-4-3-5-19(14-16)32(29,30)27-12-10-15(11-13-27)22(28)24-18-8-6-17(23)7-9-18/h3-9,14-15H,2,10-13H2,1H3,(H,24,28). The van der Waals surface area contributed by atoms with Crippen molar-refractivity contribution >= 4 is 33.2 Å². The Morgan fingerprint density at radius 3 is 2.56 bits per heavy atom. The van der Waals surface area contributed by atoms with E-state index in [-0.39, 0.29) is 29.8 Å². The van der Waals surface area contributed by atoms with Gasteiger partial charge in [-0.3, -0.25) is 4.79 Å². The number of carbonyl (C=O) groups is 1. The number of nitrogens with zero attached hydrogens (tertiary/aromatic N) is 3. The van der Waals surface area contributed by atoms with E-state index >= 15 is 0 Å². The van der Waals surface area contributed by atoms with E-state index in [2.05, 4.69) is 15.5 Å². The average Bonchev–Trinajstić information content (AvgIpc) is 3.30. The van der Waals surface area contributed by atoms with Gasteiger partial charge in [-0.05, 0) is 49.2 Å². The molecular formula is C22H23ClN4O4S. The van der Waals surface area contributed by atoms with Crippen LogP contribution in [0.1, 0.15) is 25.7 Å². The third-order valence-electron chi connectivity index (χ3n) is 5.44. The second kappa shape index (κ2) is 9.40. The molecule has 2 aromatic carbocycles. The van der Waals surface area contributed by atoms with Crippen LogP contribution in [0.15, 0.2) is 57.9 Å². The Morgan fingerprint density at radius 1 is 1.19 bits per heavy atom. The van der Waals surface area contributed by atoms with Gasteiger partial charge in [-0.15, -0.1) is 0 Å². The number of rotatable bonds is 6. The van der Waals surface area contributed by atoms with Crippen LogP contribution in [0.2, 0.25) is 5.02 Å². The topological polar surface area (TPSA) is 105 Å². The van der Waals surface area contributed by atoms with E-state index in [4.69, 9.17) is 16.1 Å². The highest BCUT2D eigenvalue weighted by atomic mass is 35.5. The minimum Gasteiger partial charge on any atom is -0.339 e. The Kier molecular flexibility index (Phi) is 6.59. The molecule has 168 valence electrons. The van der Waals surface area contributed by atoms with Crippen molar-refractivity contribution in [2.45, 2.75) is 31.1 Å². The highest BCUT2D eigenvalue weighted by Crippen LogP contribution is 2.27. The summed E-state index contributed by atoms with van der Waals surface area (Å²) >= 11 is 5.87. The fraction of sp³-hybridized carbons (Fsp3) is 0.318. The van der Waals surface area contributed by atoms with Gasteiger partial charge in [-0.2, -0.15) is 9.29 Å². The van der Waals surface area contributed by atoms with Gasteiger partial charge in [-0.1, -0.05) is 35.8 Å². The molecule has 0 spiro atoms. The molecule has 0 aliphatic carbocycles. The molecule has 4 rings (SSSR count). The Labute approximate surface area is 191 Å². The molecule has 1 amide bonds.